The summed E-state index contributed by atoms with van der Waals surface area (Å²) in [4.78, 5) is 22.3. The number of amides is 2. The van der Waals surface area contributed by atoms with Gasteiger partial charge in [-0.25, -0.2) is 0 Å². The van der Waals surface area contributed by atoms with E-state index in [-0.39, 0.29) is 11.8 Å². The van der Waals surface area contributed by atoms with Gasteiger partial charge in [-0.3, -0.25) is 9.59 Å². The predicted octanol–water partition coefficient (Wildman–Crippen LogP) is -1.17. The average molecular weight is 199 g/mol. The molecular formula is C9H17N3O2. The molecule has 80 valence electrons. The van der Waals surface area contributed by atoms with Crippen LogP contribution in [0, 0.1) is 11.8 Å². The van der Waals surface area contributed by atoms with Gasteiger partial charge in [0.15, 0.2) is 0 Å². The Labute approximate surface area is 83.4 Å². The molecule has 1 heterocycles. The number of nitrogens with two attached hydrogens (primary N) is 1. The smallest absolute Gasteiger partial charge is 0.239 e. The van der Waals surface area contributed by atoms with Gasteiger partial charge < -0.3 is 16.4 Å². The van der Waals surface area contributed by atoms with Gasteiger partial charge in [0.2, 0.25) is 11.8 Å². The highest BCUT2D eigenvalue weighted by atomic mass is 16.2. The van der Waals surface area contributed by atoms with Crippen molar-refractivity contribution in [1.29, 1.82) is 0 Å². The first kappa shape index (κ1) is 11.0. The van der Waals surface area contributed by atoms with Crippen LogP contribution in [-0.2, 0) is 9.59 Å². The van der Waals surface area contributed by atoms with E-state index in [4.69, 9.17) is 5.73 Å². The molecule has 0 saturated carbocycles. The van der Waals surface area contributed by atoms with Gasteiger partial charge in [0, 0.05) is 6.54 Å². The lowest BCUT2D eigenvalue weighted by Gasteiger charge is -2.16. The summed E-state index contributed by atoms with van der Waals surface area (Å²) in [6, 6.07) is -0.588. The van der Waals surface area contributed by atoms with Gasteiger partial charge in [-0.2, -0.15) is 0 Å². The first-order valence-corrected chi connectivity index (χ1v) is 4.82. The minimum atomic E-state index is -0.588. The molecule has 0 aromatic carbocycles. The van der Waals surface area contributed by atoms with E-state index in [0.29, 0.717) is 12.5 Å². The molecule has 1 saturated heterocycles. The molecular weight excluding hydrogens is 182 g/mol. The van der Waals surface area contributed by atoms with Crippen molar-refractivity contribution in [2.45, 2.75) is 19.9 Å². The van der Waals surface area contributed by atoms with Crippen LogP contribution in [0.15, 0.2) is 0 Å². The van der Waals surface area contributed by atoms with Gasteiger partial charge in [-0.05, 0) is 19.4 Å². The SMILES string of the molecule is C[C@@H]1CNC[C@H]1C(=O)N[C@H](C)C(N)=O. The number of primary amides is 1. The van der Waals surface area contributed by atoms with E-state index in [1.54, 1.807) is 6.92 Å². The zero-order valence-electron chi connectivity index (χ0n) is 8.54. The first-order chi connectivity index (χ1) is 6.52. The zero-order valence-corrected chi connectivity index (χ0v) is 8.54. The van der Waals surface area contributed by atoms with E-state index in [1.807, 2.05) is 6.92 Å². The van der Waals surface area contributed by atoms with Crippen LogP contribution < -0.4 is 16.4 Å². The molecule has 1 rings (SSSR count). The standard InChI is InChI=1S/C9H17N3O2/c1-5-3-11-4-7(5)9(14)12-6(2)8(10)13/h5-7,11H,3-4H2,1-2H3,(H2,10,13)(H,12,14)/t5-,6-,7-/m1/s1. The fourth-order valence-electron chi connectivity index (χ4n) is 1.55. The number of hydrogen-bond acceptors (Lipinski definition) is 3. The fraction of sp³-hybridized carbons (Fsp3) is 0.778. The van der Waals surface area contributed by atoms with E-state index >= 15 is 0 Å². The second-order valence-corrected chi connectivity index (χ2v) is 3.87. The molecule has 2 amide bonds. The molecule has 1 fully saturated rings. The number of carbonyl (C=O) groups excluding carboxylic acids is 2. The van der Waals surface area contributed by atoms with E-state index in [9.17, 15) is 9.59 Å². The molecule has 1 aliphatic rings. The Balaban J connectivity index is 2.45. The largest absolute Gasteiger partial charge is 0.368 e. The van der Waals surface area contributed by atoms with Crippen LogP contribution in [0.2, 0.25) is 0 Å². The van der Waals surface area contributed by atoms with Crippen LogP contribution in [0.3, 0.4) is 0 Å². The van der Waals surface area contributed by atoms with Crippen molar-refractivity contribution in [1.82, 2.24) is 10.6 Å². The number of nitrogens with one attached hydrogen (secondary N) is 2. The molecule has 5 nitrogen and oxygen atoms in total. The molecule has 0 spiro atoms. The molecule has 1 aliphatic heterocycles. The van der Waals surface area contributed by atoms with Gasteiger partial charge in [-0.15, -0.1) is 0 Å². The lowest BCUT2D eigenvalue weighted by molar-refractivity contribution is -0.129. The summed E-state index contributed by atoms with van der Waals surface area (Å²) in [6.07, 6.45) is 0. The van der Waals surface area contributed by atoms with Crippen LogP contribution in [-0.4, -0.2) is 30.9 Å². The molecule has 0 aromatic heterocycles. The summed E-state index contributed by atoms with van der Waals surface area (Å²) in [5.74, 6) is -0.322. The Hall–Kier alpha value is -1.10. The van der Waals surface area contributed by atoms with E-state index < -0.39 is 11.9 Å². The van der Waals surface area contributed by atoms with Crippen molar-refractivity contribution in [3.8, 4) is 0 Å². The maximum Gasteiger partial charge on any atom is 0.239 e. The van der Waals surface area contributed by atoms with Crippen molar-refractivity contribution in [2.24, 2.45) is 17.6 Å². The molecule has 0 aromatic rings. The third kappa shape index (κ3) is 2.45. The Morgan fingerprint density at radius 1 is 1.50 bits per heavy atom. The highest BCUT2D eigenvalue weighted by molar-refractivity contribution is 5.87. The molecule has 0 aliphatic carbocycles. The summed E-state index contributed by atoms with van der Waals surface area (Å²) in [6.45, 7) is 5.13. The Kier molecular flexibility index (Phi) is 3.46. The monoisotopic (exact) mass is 199 g/mol. The minimum absolute atomic E-state index is 0.0446. The molecule has 0 radical (unpaired) electrons. The van der Waals surface area contributed by atoms with Crippen LogP contribution in [0.1, 0.15) is 13.8 Å². The third-order valence-corrected chi connectivity index (χ3v) is 2.64. The number of rotatable bonds is 3. The molecule has 0 unspecified atom stereocenters. The third-order valence-electron chi connectivity index (χ3n) is 2.64. The Bertz CT molecular complexity index is 242. The summed E-state index contributed by atoms with van der Waals surface area (Å²) in [7, 11) is 0. The summed E-state index contributed by atoms with van der Waals surface area (Å²) in [5, 5.41) is 5.73. The Morgan fingerprint density at radius 2 is 2.14 bits per heavy atom. The fourth-order valence-corrected chi connectivity index (χ4v) is 1.55. The van der Waals surface area contributed by atoms with Crippen LogP contribution in [0.25, 0.3) is 0 Å². The van der Waals surface area contributed by atoms with Crippen molar-refractivity contribution in [2.75, 3.05) is 13.1 Å². The normalized spacial score (nSPS) is 28.4. The lowest BCUT2D eigenvalue weighted by atomic mass is 9.97. The van der Waals surface area contributed by atoms with Crippen LogP contribution in [0.4, 0.5) is 0 Å². The maximum atomic E-state index is 11.6. The van der Waals surface area contributed by atoms with Gasteiger partial charge in [-0.1, -0.05) is 6.92 Å². The molecule has 3 atom stereocenters. The van der Waals surface area contributed by atoms with Crippen LogP contribution >= 0.6 is 0 Å². The van der Waals surface area contributed by atoms with Crippen molar-refractivity contribution < 1.29 is 9.59 Å². The highest BCUT2D eigenvalue weighted by Gasteiger charge is 2.30. The summed E-state index contributed by atoms with van der Waals surface area (Å²) in [5.41, 5.74) is 5.05. The minimum Gasteiger partial charge on any atom is -0.368 e. The quantitative estimate of drug-likeness (QED) is 0.535. The second-order valence-electron chi connectivity index (χ2n) is 3.87. The number of hydrogen-bond donors (Lipinski definition) is 3. The van der Waals surface area contributed by atoms with Gasteiger partial charge in [0.25, 0.3) is 0 Å². The van der Waals surface area contributed by atoms with E-state index in [1.165, 1.54) is 0 Å². The second kappa shape index (κ2) is 4.41. The predicted molar refractivity (Wildman–Crippen MR) is 52.3 cm³/mol. The molecule has 0 bridgehead atoms. The molecule has 5 heteroatoms. The molecule has 14 heavy (non-hydrogen) atoms. The van der Waals surface area contributed by atoms with Gasteiger partial charge >= 0.3 is 0 Å². The first-order valence-electron chi connectivity index (χ1n) is 4.82. The van der Waals surface area contributed by atoms with Crippen molar-refractivity contribution in [3.63, 3.8) is 0 Å². The maximum absolute atomic E-state index is 11.6. The lowest BCUT2D eigenvalue weighted by Crippen LogP contribution is -2.45. The zero-order chi connectivity index (χ0) is 10.7. The number of carbonyl (C=O) groups is 2. The van der Waals surface area contributed by atoms with Crippen molar-refractivity contribution >= 4 is 11.8 Å². The highest BCUT2D eigenvalue weighted by Crippen LogP contribution is 2.15. The molecule has 4 N–H and O–H groups in total. The van der Waals surface area contributed by atoms with Gasteiger partial charge in [0.05, 0.1) is 5.92 Å². The summed E-state index contributed by atoms with van der Waals surface area (Å²) < 4.78 is 0. The van der Waals surface area contributed by atoms with Crippen LogP contribution in [0.5, 0.6) is 0 Å². The topological polar surface area (TPSA) is 84.2 Å². The van der Waals surface area contributed by atoms with E-state index in [0.717, 1.165) is 6.54 Å². The van der Waals surface area contributed by atoms with Gasteiger partial charge in [0.1, 0.15) is 6.04 Å². The average Bonchev–Trinajstić information content (AvgIpc) is 2.51. The summed E-state index contributed by atoms with van der Waals surface area (Å²) >= 11 is 0. The van der Waals surface area contributed by atoms with Crippen molar-refractivity contribution in [3.05, 3.63) is 0 Å². The van der Waals surface area contributed by atoms with E-state index in [2.05, 4.69) is 10.6 Å². The Morgan fingerprint density at radius 3 is 2.57 bits per heavy atom.